The molecule has 3 fully saturated rings. The molecule has 0 aromatic rings. The van der Waals surface area contributed by atoms with Gasteiger partial charge in [0.25, 0.3) is 0 Å². The summed E-state index contributed by atoms with van der Waals surface area (Å²) >= 11 is 0. The van der Waals surface area contributed by atoms with Gasteiger partial charge in [-0.25, -0.2) is 0 Å². The van der Waals surface area contributed by atoms with Gasteiger partial charge in [-0.15, -0.1) is 0 Å². The third kappa shape index (κ3) is 3.79. The van der Waals surface area contributed by atoms with E-state index in [1.807, 2.05) is 6.34 Å². The summed E-state index contributed by atoms with van der Waals surface area (Å²) in [6.07, 6.45) is 4.21. The van der Waals surface area contributed by atoms with Gasteiger partial charge in [0.2, 0.25) is 0 Å². The summed E-state index contributed by atoms with van der Waals surface area (Å²) in [5, 5.41) is 0. The summed E-state index contributed by atoms with van der Waals surface area (Å²) in [7, 11) is -2.41. The van der Waals surface area contributed by atoms with E-state index in [0.717, 1.165) is 71.6 Å². The van der Waals surface area contributed by atoms with Crippen molar-refractivity contribution in [3.05, 3.63) is 0 Å². The Bertz CT molecular complexity index is 316. The minimum absolute atomic E-state index is 0.747. The summed E-state index contributed by atoms with van der Waals surface area (Å²) in [5.41, 5.74) is 0. The fourth-order valence-corrected chi connectivity index (χ4v) is 5.41. The first-order valence-electron chi connectivity index (χ1n) is 7.75. The Balaban J connectivity index is 1.50. The molecule has 3 saturated heterocycles. The number of rotatable bonds is 4. The monoisotopic (exact) mass is 299 g/mol. The number of fused-ring (bicyclic) bond motifs is 6. The van der Waals surface area contributed by atoms with Gasteiger partial charge in [0.15, 0.2) is 0 Å². The van der Waals surface area contributed by atoms with Crippen LogP contribution < -0.4 is 0 Å². The largest absolute Gasteiger partial charge is 0.501 e. The van der Waals surface area contributed by atoms with Crippen LogP contribution in [0, 0.1) is 0 Å². The van der Waals surface area contributed by atoms with Crippen LogP contribution in [0.4, 0.5) is 0 Å². The Hall–Kier alpha value is -0.473. The molecule has 0 amide bonds. The number of nitrogens with zero attached hydrogens (tertiary/aromatic N) is 3. The standard InChI is InChI=1S/C13H25N3O3Si/c1-3-14-13-16(4-1)5-2-12-20-17-9-6-15(7-10-18-20)8-11-19-20/h13H,1-12H2. The Morgan fingerprint density at radius 1 is 1.00 bits per heavy atom. The van der Waals surface area contributed by atoms with Crippen LogP contribution in [0.15, 0.2) is 4.99 Å². The molecule has 0 spiro atoms. The average molecular weight is 299 g/mol. The van der Waals surface area contributed by atoms with Crippen LogP contribution in [0.1, 0.15) is 12.8 Å². The molecule has 0 saturated carbocycles. The van der Waals surface area contributed by atoms with E-state index in [4.69, 9.17) is 13.3 Å². The fraction of sp³-hybridized carbons (Fsp3) is 0.923. The van der Waals surface area contributed by atoms with Crippen LogP contribution in [-0.2, 0) is 13.3 Å². The summed E-state index contributed by atoms with van der Waals surface area (Å²) in [6, 6.07) is 0.928. The minimum atomic E-state index is -2.41. The van der Waals surface area contributed by atoms with E-state index < -0.39 is 8.80 Å². The molecule has 0 aromatic heterocycles. The molecular formula is C13H25N3O3Si. The van der Waals surface area contributed by atoms with Crippen LogP contribution in [0.3, 0.4) is 0 Å². The van der Waals surface area contributed by atoms with Gasteiger partial charge in [-0.05, 0) is 12.8 Å². The molecule has 4 heterocycles. The van der Waals surface area contributed by atoms with Gasteiger partial charge in [-0.3, -0.25) is 9.89 Å². The smallest absolute Gasteiger partial charge is 0.372 e. The Labute approximate surface area is 122 Å². The van der Waals surface area contributed by atoms with E-state index in [9.17, 15) is 0 Å². The normalized spacial score (nSPS) is 34.6. The summed E-state index contributed by atoms with van der Waals surface area (Å²) in [4.78, 5) is 8.97. The molecule has 0 aromatic carbocycles. The van der Waals surface area contributed by atoms with E-state index in [1.165, 1.54) is 6.42 Å². The highest BCUT2D eigenvalue weighted by molar-refractivity contribution is 6.60. The zero-order valence-corrected chi connectivity index (χ0v) is 13.1. The van der Waals surface area contributed by atoms with Gasteiger partial charge in [0, 0.05) is 45.3 Å². The number of hydrogen-bond donors (Lipinski definition) is 0. The molecule has 2 bridgehead atoms. The van der Waals surface area contributed by atoms with Crippen molar-refractivity contribution < 1.29 is 13.3 Å². The molecular weight excluding hydrogens is 274 g/mol. The summed E-state index contributed by atoms with van der Waals surface area (Å²) < 4.78 is 18.1. The second-order valence-electron chi connectivity index (χ2n) is 5.58. The number of hydrogen-bond acceptors (Lipinski definition) is 6. The lowest BCUT2D eigenvalue weighted by atomic mass is 10.3. The van der Waals surface area contributed by atoms with Crippen molar-refractivity contribution >= 4 is 15.1 Å². The highest BCUT2D eigenvalue weighted by Crippen LogP contribution is 2.22. The highest BCUT2D eigenvalue weighted by Gasteiger charge is 2.43. The van der Waals surface area contributed by atoms with Crippen LogP contribution in [0.2, 0.25) is 6.04 Å². The van der Waals surface area contributed by atoms with Gasteiger partial charge in [-0.2, -0.15) is 0 Å². The molecule has 0 aliphatic carbocycles. The second-order valence-corrected chi connectivity index (χ2v) is 8.32. The topological polar surface area (TPSA) is 46.5 Å². The quantitative estimate of drug-likeness (QED) is 0.705. The fourth-order valence-electron chi connectivity index (χ4n) is 2.93. The van der Waals surface area contributed by atoms with Crippen LogP contribution >= 0.6 is 0 Å². The Morgan fingerprint density at radius 2 is 1.70 bits per heavy atom. The van der Waals surface area contributed by atoms with Gasteiger partial charge in [0.1, 0.15) is 0 Å². The maximum absolute atomic E-state index is 6.03. The van der Waals surface area contributed by atoms with E-state index in [2.05, 4.69) is 14.8 Å². The van der Waals surface area contributed by atoms with Crippen molar-refractivity contribution in [3.8, 4) is 0 Å². The predicted molar refractivity (Wildman–Crippen MR) is 79.0 cm³/mol. The lowest BCUT2D eigenvalue weighted by molar-refractivity contribution is -0.00867. The summed E-state index contributed by atoms with van der Waals surface area (Å²) in [5.74, 6) is 0. The molecule has 20 heavy (non-hydrogen) atoms. The van der Waals surface area contributed by atoms with Gasteiger partial charge in [-0.1, -0.05) is 0 Å². The molecule has 4 aliphatic heterocycles. The van der Waals surface area contributed by atoms with E-state index in [0.29, 0.717) is 0 Å². The average Bonchev–Trinajstić information content (AvgIpc) is 2.40. The first kappa shape index (κ1) is 14.5. The van der Waals surface area contributed by atoms with Crippen molar-refractivity contribution in [2.24, 2.45) is 4.99 Å². The lowest BCUT2D eigenvalue weighted by Crippen LogP contribution is -2.55. The van der Waals surface area contributed by atoms with Crippen molar-refractivity contribution in [1.82, 2.24) is 9.80 Å². The Kier molecular flexibility index (Phi) is 5.06. The lowest BCUT2D eigenvalue weighted by Gasteiger charge is -2.38. The van der Waals surface area contributed by atoms with E-state index >= 15 is 0 Å². The first-order chi connectivity index (χ1) is 9.86. The molecule has 4 rings (SSSR count). The van der Waals surface area contributed by atoms with Crippen molar-refractivity contribution in [2.45, 2.75) is 18.9 Å². The third-order valence-corrected chi connectivity index (χ3v) is 6.99. The Morgan fingerprint density at radius 3 is 2.30 bits per heavy atom. The highest BCUT2D eigenvalue weighted by atomic mass is 28.4. The van der Waals surface area contributed by atoms with Crippen LogP contribution in [0.25, 0.3) is 0 Å². The molecule has 0 radical (unpaired) electrons. The zero-order valence-electron chi connectivity index (χ0n) is 12.1. The maximum Gasteiger partial charge on any atom is 0.501 e. The van der Waals surface area contributed by atoms with E-state index in [1.54, 1.807) is 0 Å². The van der Waals surface area contributed by atoms with Gasteiger partial charge >= 0.3 is 8.80 Å². The molecule has 7 heteroatoms. The van der Waals surface area contributed by atoms with Crippen molar-refractivity contribution in [1.29, 1.82) is 0 Å². The van der Waals surface area contributed by atoms with Gasteiger partial charge in [0.05, 0.1) is 26.2 Å². The minimum Gasteiger partial charge on any atom is -0.372 e. The van der Waals surface area contributed by atoms with Crippen molar-refractivity contribution in [2.75, 3.05) is 59.1 Å². The van der Waals surface area contributed by atoms with Crippen LogP contribution in [0.5, 0.6) is 0 Å². The molecule has 4 aliphatic rings. The molecule has 0 N–H and O–H groups in total. The van der Waals surface area contributed by atoms with Crippen molar-refractivity contribution in [3.63, 3.8) is 0 Å². The predicted octanol–water partition coefficient (Wildman–Crippen LogP) is 0.428. The third-order valence-electron chi connectivity index (χ3n) is 4.09. The van der Waals surface area contributed by atoms with E-state index in [-0.39, 0.29) is 0 Å². The summed E-state index contributed by atoms with van der Waals surface area (Å²) in [6.45, 7) is 8.41. The molecule has 114 valence electrons. The first-order valence-corrected chi connectivity index (χ1v) is 9.68. The SMILES string of the molecule is C1=NCCCN1CCC[Si]12OCCN(CCO1)CCO2. The zero-order chi connectivity index (χ0) is 13.7. The molecule has 6 nitrogen and oxygen atoms in total. The molecule has 0 atom stereocenters. The second kappa shape index (κ2) is 6.99. The van der Waals surface area contributed by atoms with Gasteiger partial charge < -0.3 is 18.2 Å². The molecule has 0 unspecified atom stereocenters. The maximum atomic E-state index is 6.03. The van der Waals surface area contributed by atoms with Crippen LogP contribution in [-0.4, -0.2) is 84.0 Å². The number of aliphatic imine (C=N–C) groups is 1.